The quantitative estimate of drug-likeness (QED) is 0.623. The van der Waals surface area contributed by atoms with Crippen molar-refractivity contribution in [3.63, 3.8) is 0 Å². The standard InChI is InChI=1S/C17H11F3O5/c18-17(19,20)12-3-1-2-10(6-12)13(21)8-23-16(22)11-4-5-14-15(7-11)25-9-24-14/h1-7H,8-9H2. The van der Waals surface area contributed by atoms with Crippen LogP contribution in [0.3, 0.4) is 0 Å². The van der Waals surface area contributed by atoms with Crippen molar-refractivity contribution >= 4 is 11.8 Å². The first-order valence-corrected chi connectivity index (χ1v) is 7.12. The van der Waals surface area contributed by atoms with Crippen molar-refractivity contribution in [2.45, 2.75) is 6.18 Å². The number of rotatable bonds is 4. The number of hydrogen-bond donors (Lipinski definition) is 0. The molecule has 0 saturated carbocycles. The lowest BCUT2D eigenvalue weighted by molar-refractivity contribution is -0.137. The van der Waals surface area contributed by atoms with E-state index in [1.165, 1.54) is 24.3 Å². The minimum Gasteiger partial charge on any atom is -0.454 e. The lowest BCUT2D eigenvalue weighted by atomic mass is 10.1. The van der Waals surface area contributed by atoms with Gasteiger partial charge in [0.05, 0.1) is 11.1 Å². The molecule has 2 aromatic rings. The maximum absolute atomic E-state index is 12.7. The average molecular weight is 352 g/mol. The SMILES string of the molecule is O=C(COC(=O)c1ccc2c(c1)OCO2)c1cccc(C(F)(F)F)c1. The predicted molar refractivity (Wildman–Crippen MR) is 78.6 cm³/mol. The smallest absolute Gasteiger partial charge is 0.416 e. The minimum absolute atomic E-state index is 0.0435. The summed E-state index contributed by atoms with van der Waals surface area (Å²) >= 11 is 0. The molecule has 3 rings (SSSR count). The number of hydrogen-bond acceptors (Lipinski definition) is 5. The van der Waals surface area contributed by atoms with Gasteiger partial charge in [-0.2, -0.15) is 13.2 Å². The van der Waals surface area contributed by atoms with E-state index < -0.39 is 30.1 Å². The number of halogens is 3. The van der Waals surface area contributed by atoms with Crippen molar-refractivity contribution in [1.82, 2.24) is 0 Å². The lowest BCUT2D eigenvalue weighted by Crippen LogP contribution is -2.15. The number of carbonyl (C=O) groups excluding carboxylic acids is 2. The summed E-state index contributed by atoms with van der Waals surface area (Å²) in [7, 11) is 0. The van der Waals surface area contributed by atoms with Crippen molar-refractivity contribution in [1.29, 1.82) is 0 Å². The van der Waals surface area contributed by atoms with E-state index in [1.54, 1.807) is 0 Å². The van der Waals surface area contributed by atoms with Crippen LogP contribution in [-0.4, -0.2) is 25.2 Å². The highest BCUT2D eigenvalue weighted by Crippen LogP contribution is 2.32. The van der Waals surface area contributed by atoms with Gasteiger partial charge in [-0.3, -0.25) is 4.79 Å². The van der Waals surface area contributed by atoms with Gasteiger partial charge >= 0.3 is 12.1 Å². The number of carbonyl (C=O) groups is 2. The molecular weight excluding hydrogens is 341 g/mol. The molecule has 0 spiro atoms. The van der Waals surface area contributed by atoms with Gasteiger partial charge in [0.2, 0.25) is 6.79 Å². The van der Waals surface area contributed by atoms with Crippen LogP contribution in [0.1, 0.15) is 26.3 Å². The first-order chi connectivity index (χ1) is 11.8. The minimum atomic E-state index is -4.56. The molecule has 1 aliphatic rings. The number of ketones is 1. The van der Waals surface area contributed by atoms with Crippen LogP contribution >= 0.6 is 0 Å². The van der Waals surface area contributed by atoms with Crippen molar-refractivity contribution in [3.05, 3.63) is 59.2 Å². The molecule has 8 heteroatoms. The van der Waals surface area contributed by atoms with Crippen molar-refractivity contribution in [3.8, 4) is 11.5 Å². The van der Waals surface area contributed by atoms with Crippen molar-refractivity contribution < 1.29 is 37.0 Å². The summed E-state index contributed by atoms with van der Waals surface area (Å²) in [6.07, 6.45) is -4.56. The molecule has 5 nitrogen and oxygen atoms in total. The van der Waals surface area contributed by atoms with Gasteiger partial charge in [0.25, 0.3) is 0 Å². The van der Waals surface area contributed by atoms with Gasteiger partial charge in [0, 0.05) is 5.56 Å². The van der Waals surface area contributed by atoms with E-state index in [0.29, 0.717) is 11.5 Å². The second kappa shape index (κ2) is 6.46. The molecular formula is C17H11F3O5. The Morgan fingerprint density at radius 2 is 1.76 bits per heavy atom. The molecule has 0 aromatic heterocycles. The molecule has 0 fully saturated rings. The normalized spacial score (nSPS) is 12.8. The van der Waals surface area contributed by atoms with Gasteiger partial charge < -0.3 is 14.2 Å². The first-order valence-electron chi connectivity index (χ1n) is 7.12. The molecule has 0 bridgehead atoms. The van der Waals surface area contributed by atoms with Crippen LogP contribution in [0.15, 0.2) is 42.5 Å². The number of esters is 1. The first kappa shape index (κ1) is 16.8. The molecule has 130 valence electrons. The third kappa shape index (κ3) is 3.73. The Hall–Kier alpha value is -3.03. The highest BCUT2D eigenvalue weighted by Gasteiger charge is 2.31. The van der Waals surface area contributed by atoms with Crippen LogP contribution in [0.25, 0.3) is 0 Å². The third-order valence-corrected chi connectivity index (χ3v) is 3.45. The average Bonchev–Trinajstić information content (AvgIpc) is 3.06. The zero-order valence-electron chi connectivity index (χ0n) is 12.6. The summed E-state index contributed by atoms with van der Waals surface area (Å²) in [5, 5.41) is 0. The lowest BCUT2D eigenvalue weighted by Gasteiger charge is -2.09. The Morgan fingerprint density at radius 3 is 2.52 bits per heavy atom. The van der Waals surface area contributed by atoms with Gasteiger partial charge in [0.15, 0.2) is 23.9 Å². The van der Waals surface area contributed by atoms with E-state index in [2.05, 4.69) is 0 Å². The Kier molecular flexibility index (Phi) is 4.35. The molecule has 2 aromatic carbocycles. The topological polar surface area (TPSA) is 61.8 Å². The summed E-state index contributed by atoms with van der Waals surface area (Å²) in [6.45, 7) is -0.629. The number of Topliss-reactive ketones (excluding diaryl/α,β-unsaturated/α-hetero) is 1. The fourth-order valence-corrected chi connectivity index (χ4v) is 2.19. The summed E-state index contributed by atoms with van der Waals surface area (Å²) in [5.41, 5.74) is -0.991. The van der Waals surface area contributed by atoms with E-state index in [0.717, 1.165) is 18.2 Å². The number of ether oxygens (including phenoxy) is 3. The zero-order chi connectivity index (χ0) is 18.0. The van der Waals surface area contributed by atoms with Crippen molar-refractivity contribution in [2.24, 2.45) is 0 Å². The second-order valence-electron chi connectivity index (χ2n) is 5.15. The molecule has 25 heavy (non-hydrogen) atoms. The molecule has 0 saturated heterocycles. The highest BCUT2D eigenvalue weighted by molar-refractivity contribution is 5.99. The molecule has 0 amide bonds. The van der Waals surface area contributed by atoms with Crippen molar-refractivity contribution in [2.75, 3.05) is 13.4 Å². The molecule has 0 atom stereocenters. The fourth-order valence-electron chi connectivity index (χ4n) is 2.19. The van der Waals surface area contributed by atoms with Crippen LogP contribution < -0.4 is 9.47 Å². The number of benzene rings is 2. The number of alkyl halides is 3. The van der Waals surface area contributed by atoms with Gasteiger partial charge in [-0.1, -0.05) is 12.1 Å². The van der Waals surface area contributed by atoms with Gasteiger partial charge in [-0.25, -0.2) is 4.79 Å². The summed E-state index contributed by atoms with van der Waals surface area (Å²) in [5.74, 6) is -0.672. The van der Waals surface area contributed by atoms with E-state index in [4.69, 9.17) is 14.2 Å². The summed E-state index contributed by atoms with van der Waals surface area (Å²) < 4.78 is 53.1. The summed E-state index contributed by atoms with van der Waals surface area (Å²) in [6, 6.07) is 8.28. The Labute approximate surface area is 139 Å². The third-order valence-electron chi connectivity index (χ3n) is 3.45. The monoisotopic (exact) mass is 352 g/mol. The van der Waals surface area contributed by atoms with E-state index in [-0.39, 0.29) is 17.9 Å². The predicted octanol–water partition coefficient (Wildman–Crippen LogP) is 3.47. The van der Waals surface area contributed by atoms with Crippen LogP contribution in [0.5, 0.6) is 11.5 Å². The summed E-state index contributed by atoms with van der Waals surface area (Å²) in [4.78, 5) is 23.9. The fraction of sp³-hybridized carbons (Fsp3) is 0.176. The maximum Gasteiger partial charge on any atom is 0.416 e. The molecule has 1 heterocycles. The molecule has 1 aliphatic heterocycles. The van der Waals surface area contributed by atoms with E-state index in [1.807, 2.05) is 0 Å². The van der Waals surface area contributed by atoms with Gasteiger partial charge in [-0.05, 0) is 30.3 Å². The van der Waals surface area contributed by atoms with E-state index in [9.17, 15) is 22.8 Å². The van der Waals surface area contributed by atoms with Gasteiger partial charge in [0.1, 0.15) is 0 Å². The molecule has 0 unspecified atom stereocenters. The molecule has 0 N–H and O–H groups in total. The highest BCUT2D eigenvalue weighted by atomic mass is 19.4. The molecule has 0 aliphatic carbocycles. The Morgan fingerprint density at radius 1 is 1.00 bits per heavy atom. The Balaban J connectivity index is 1.65. The second-order valence-corrected chi connectivity index (χ2v) is 5.15. The number of fused-ring (bicyclic) bond motifs is 1. The van der Waals surface area contributed by atoms with Crippen LogP contribution in [0.2, 0.25) is 0 Å². The maximum atomic E-state index is 12.7. The molecule has 0 radical (unpaired) electrons. The van der Waals surface area contributed by atoms with E-state index >= 15 is 0 Å². The van der Waals surface area contributed by atoms with Crippen LogP contribution in [-0.2, 0) is 10.9 Å². The zero-order valence-corrected chi connectivity index (χ0v) is 12.6. The van der Waals surface area contributed by atoms with Crippen LogP contribution in [0.4, 0.5) is 13.2 Å². The van der Waals surface area contributed by atoms with Crippen LogP contribution in [0, 0.1) is 0 Å². The largest absolute Gasteiger partial charge is 0.454 e. The van der Waals surface area contributed by atoms with Gasteiger partial charge in [-0.15, -0.1) is 0 Å². The Bertz CT molecular complexity index is 829.